The van der Waals surface area contributed by atoms with Gasteiger partial charge in [-0.3, -0.25) is 5.10 Å². The number of hydrogen-bond donors (Lipinski definition) is 2. The predicted molar refractivity (Wildman–Crippen MR) is 119 cm³/mol. The molecule has 3 nitrogen and oxygen atoms in total. The van der Waals surface area contributed by atoms with Gasteiger partial charge in [0.05, 0.1) is 17.6 Å². The monoisotopic (exact) mass is 375 g/mol. The molecule has 0 amide bonds. The first-order valence-corrected chi connectivity index (χ1v) is 10.8. The Morgan fingerprint density at radius 3 is 2.61 bits per heavy atom. The van der Waals surface area contributed by atoms with Crippen molar-refractivity contribution in [1.82, 2.24) is 15.2 Å². The Bertz CT molecular complexity index is 1030. The van der Waals surface area contributed by atoms with Crippen LogP contribution < -0.4 is 0 Å². The third kappa shape index (κ3) is 2.67. The van der Waals surface area contributed by atoms with Gasteiger partial charge in [0.1, 0.15) is 0 Å². The molecule has 0 saturated heterocycles. The Kier molecular flexibility index (Phi) is 4.73. The second-order valence-corrected chi connectivity index (χ2v) is 8.78. The first-order chi connectivity index (χ1) is 13.4. The normalized spacial score (nSPS) is 14.2. The Balaban J connectivity index is 1.95. The predicted octanol–water partition coefficient (Wildman–Crippen LogP) is 6.63. The minimum absolute atomic E-state index is 0.0358. The molecule has 0 atom stereocenters. The van der Waals surface area contributed by atoms with Crippen molar-refractivity contribution in [2.45, 2.75) is 72.1 Å². The molecule has 0 spiro atoms. The number of benzene rings is 1. The number of fused-ring (bicyclic) bond motifs is 5. The van der Waals surface area contributed by atoms with E-state index in [-0.39, 0.29) is 5.41 Å². The molecule has 2 aromatic heterocycles. The van der Waals surface area contributed by atoms with Crippen molar-refractivity contribution >= 4 is 10.9 Å². The van der Waals surface area contributed by atoms with Gasteiger partial charge in [0.15, 0.2) is 0 Å². The summed E-state index contributed by atoms with van der Waals surface area (Å²) < 4.78 is 0. The molecule has 0 aliphatic heterocycles. The first-order valence-electron chi connectivity index (χ1n) is 10.8. The van der Waals surface area contributed by atoms with Crippen molar-refractivity contribution < 1.29 is 0 Å². The zero-order valence-electron chi connectivity index (χ0n) is 18.0. The fourth-order valence-electron chi connectivity index (χ4n) is 5.38. The molecule has 0 unspecified atom stereocenters. The largest absolute Gasteiger partial charge is 0.353 e. The SMILES string of the molecule is C=C(C(C)C)C(CC)(CC)c1cc2[nH]c3c(c2cc1C)CCCc1cn[nH]c1-3. The van der Waals surface area contributed by atoms with Crippen molar-refractivity contribution in [2.75, 3.05) is 0 Å². The number of rotatable bonds is 5. The molecule has 3 aromatic rings. The zero-order valence-corrected chi connectivity index (χ0v) is 18.0. The van der Waals surface area contributed by atoms with E-state index >= 15 is 0 Å². The van der Waals surface area contributed by atoms with Crippen LogP contribution >= 0.6 is 0 Å². The van der Waals surface area contributed by atoms with Gasteiger partial charge in [-0.1, -0.05) is 39.8 Å². The summed E-state index contributed by atoms with van der Waals surface area (Å²) in [4.78, 5) is 3.75. The molecule has 1 aliphatic rings. The van der Waals surface area contributed by atoms with Crippen LogP contribution in [0.25, 0.3) is 22.3 Å². The highest BCUT2D eigenvalue weighted by atomic mass is 15.1. The van der Waals surface area contributed by atoms with Gasteiger partial charge in [-0.05, 0) is 79.3 Å². The van der Waals surface area contributed by atoms with Gasteiger partial charge < -0.3 is 4.98 Å². The van der Waals surface area contributed by atoms with Crippen LogP contribution in [-0.2, 0) is 18.3 Å². The summed E-state index contributed by atoms with van der Waals surface area (Å²) in [5, 5.41) is 8.91. The van der Waals surface area contributed by atoms with Crippen molar-refractivity contribution in [1.29, 1.82) is 0 Å². The second-order valence-electron chi connectivity index (χ2n) is 8.78. The molecule has 0 saturated carbocycles. The van der Waals surface area contributed by atoms with Gasteiger partial charge in [-0.25, -0.2) is 0 Å². The van der Waals surface area contributed by atoms with Gasteiger partial charge in [0.2, 0.25) is 0 Å². The van der Waals surface area contributed by atoms with E-state index in [0.717, 1.165) is 25.7 Å². The van der Waals surface area contributed by atoms with Crippen LogP contribution in [0.15, 0.2) is 30.5 Å². The molecule has 0 radical (unpaired) electrons. The van der Waals surface area contributed by atoms with E-state index in [0.29, 0.717) is 5.92 Å². The number of aromatic nitrogens is 3. The average Bonchev–Trinajstić information content (AvgIpc) is 3.24. The number of H-pyrrole nitrogens is 2. The summed E-state index contributed by atoms with van der Waals surface area (Å²) in [6.45, 7) is 16.0. The highest BCUT2D eigenvalue weighted by molar-refractivity contribution is 5.92. The minimum Gasteiger partial charge on any atom is -0.353 e. The lowest BCUT2D eigenvalue weighted by Crippen LogP contribution is -2.30. The molecule has 0 fully saturated rings. The van der Waals surface area contributed by atoms with Crippen LogP contribution in [0.5, 0.6) is 0 Å². The molecule has 4 rings (SSSR count). The fourth-order valence-corrected chi connectivity index (χ4v) is 5.38. The van der Waals surface area contributed by atoms with Gasteiger partial charge in [0, 0.05) is 16.3 Å². The maximum absolute atomic E-state index is 4.54. The van der Waals surface area contributed by atoms with E-state index in [4.69, 9.17) is 0 Å². The fraction of sp³-hybridized carbons (Fsp3) is 0.480. The minimum atomic E-state index is 0.0358. The van der Waals surface area contributed by atoms with Crippen molar-refractivity contribution in [3.63, 3.8) is 0 Å². The summed E-state index contributed by atoms with van der Waals surface area (Å²) in [5.41, 5.74) is 10.6. The lowest BCUT2D eigenvalue weighted by Gasteiger charge is -2.38. The molecule has 1 aliphatic carbocycles. The van der Waals surface area contributed by atoms with E-state index in [1.807, 2.05) is 6.20 Å². The first kappa shape index (κ1) is 19.0. The van der Waals surface area contributed by atoms with Crippen molar-refractivity contribution in [3.8, 4) is 11.4 Å². The molecule has 0 bridgehead atoms. The van der Waals surface area contributed by atoms with Crippen LogP contribution in [0.2, 0.25) is 0 Å². The maximum atomic E-state index is 4.54. The van der Waals surface area contributed by atoms with Crippen LogP contribution in [0, 0.1) is 12.8 Å². The number of allylic oxidation sites excluding steroid dienone is 1. The molecule has 3 heteroatoms. The lowest BCUT2D eigenvalue weighted by atomic mass is 9.66. The molecule has 1 aromatic carbocycles. The molecule has 2 heterocycles. The smallest absolute Gasteiger partial charge is 0.0847 e. The summed E-state index contributed by atoms with van der Waals surface area (Å²) in [7, 11) is 0. The van der Waals surface area contributed by atoms with Gasteiger partial charge in [0.25, 0.3) is 0 Å². The zero-order chi connectivity index (χ0) is 20.1. The van der Waals surface area contributed by atoms with Gasteiger partial charge in [-0.15, -0.1) is 0 Å². The van der Waals surface area contributed by atoms with Gasteiger partial charge >= 0.3 is 0 Å². The Labute approximate surface area is 168 Å². The van der Waals surface area contributed by atoms with E-state index in [2.05, 4.69) is 68.5 Å². The van der Waals surface area contributed by atoms with Crippen molar-refractivity contribution in [2.24, 2.45) is 5.92 Å². The van der Waals surface area contributed by atoms with Crippen LogP contribution in [0.1, 0.15) is 69.2 Å². The number of aromatic amines is 2. The van der Waals surface area contributed by atoms with Crippen LogP contribution in [0.4, 0.5) is 0 Å². The summed E-state index contributed by atoms with van der Waals surface area (Å²) in [5.74, 6) is 0.475. The third-order valence-electron chi connectivity index (χ3n) is 7.13. The summed E-state index contributed by atoms with van der Waals surface area (Å²) >= 11 is 0. The number of nitrogens with zero attached hydrogens (tertiary/aromatic N) is 1. The van der Waals surface area contributed by atoms with Crippen molar-refractivity contribution in [3.05, 3.63) is 52.7 Å². The summed E-state index contributed by atoms with van der Waals surface area (Å²) in [6, 6.07) is 4.82. The Morgan fingerprint density at radius 2 is 1.93 bits per heavy atom. The second kappa shape index (κ2) is 6.95. The van der Waals surface area contributed by atoms with E-state index in [1.165, 1.54) is 56.5 Å². The molecule has 2 N–H and O–H groups in total. The van der Waals surface area contributed by atoms with Crippen LogP contribution in [-0.4, -0.2) is 15.2 Å². The number of nitrogens with one attached hydrogen (secondary N) is 2. The number of hydrogen-bond acceptors (Lipinski definition) is 1. The highest BCUT2D eigenvalue weighted by Gasteiger charge is 2.35. The Morgan fingerprint density at radius 1 is 1.18 bits per heavy atom. The molecule has 28 heavy (non-hydrogen) atoms. The third-order valence-corrected chi connectivity index (χ3v) is 7.13. The van der Waals surface area contributed by atoms with Gasteiger partial charge in [-0.2, -0.15) is 5.10 Å². The molecular formula is C25H33N3. The molecular weight excluding hydrogens is 342 g/mol. The maximum Gasteiger partial charge on any atom is 0.0847 e. The number of aryl methyl sites for hydroxylation is 3. The summed E-state index contributed by atoms with van der Waals surface area (Å²) in [6.07, 6.45) is 7.53. The lowest BCUT2D eigenvalue weighted by molar-refractivity contribution is 0.426. The Hall–Kier alpha value is -2.29. The topological polar surface area (TPSA) is 44.5 Å². The van der Waals surface area contributed by atoms with E-state index in [9.17, 15) is 0 Å². The average molecular weight is 376 g/mol. The van der Waals surface area contributed by atoms with E-state index < -0.39 is 0 Å². The van der Waals surface area contributed by atoms with Crippen LogP contribution in [0.3, 0.4) is 0 Å². The van der Waals surface area contributed by atoms with E-state index in [1.54, 1.807) is 0 Å². The quantitative estimate of drug-likeness (QED) is 0.483. The molecule has 148 valence electrons. The highest BCUT2D eigenvalue weighted by Crippen LogP contribution is 2.45. The standard InChI is InChI=1S/C25H33N3/c1-7-25(8-2,17(6)15(3)4)21-13-22-20(12-16(21)5)19-11-9-10-18-14-26-28-23(18)24(19)27-22/h12-15,27H,6-11H2,1-5H3,(H,26,28).